The van der Waals surface area contributed by atoms with Crippen molar-refractivity contribution < 1.29 is 14.3 Å². The van der Waals surface area contributed by atoms with E-state index in [0.29, 0.717) is 23.0 Å². The van der Waals surface area contributed by atoms with E-state index in [-0.39, 0.29) is 12.4 Å². The third kappa shape index (κ3) is 4.80. The smallest absolute Gasteiger partial charge is 0.331 e. The lowest BCUT2D eigenvalue weighted by molar-refractivity contribution is -0.142. The van der Waals surface area contributed by atoms with E-state index in [1.165, 1.54) is 18.6 Å². The van der Waals surface area contributed by atoms with Gasteiger partial charge in [-0.05, 0) is 32.4 Å². The molecule has 0 bridgehead atoms. The predicted octanol–water partition coefficient (Wildman–Crippen LogP) is 3.35. The van der Waals surface area contributed by atoms with Gasteiger partial charge in [-0.1, -0.05) is 41.4 Å². The maximum atomic E-state index is 11.5. The number of halogens is 1. The van der Waals surface area contributed by atoms with Crippen LogP contribution in [0.25, 0.3) is 6.08 Å². The third-order valence-electron chi connectivity index (χ3n) is 3.37. The van der Waals surface area contributed by atoms with Gasteiger partial charge in [-0.3, -0.25) is 4.79 Å². The van der Waals surface area contributed by atoms with Crippen molar-refractivity contribution in [2.45, 2.75) is 27.3 Å². The maximum Gasteiger partial charge on any atom is 0.331 e. The molecule has 0 radical (unpaired) electrons. The van der Waals surface area contributed by atoms with Gasteiger partial charge in [0, 0.05) is 11.6 Å². The number of carbonyl (C=O) groups excluding carboxylic acids is 2. The Kier molecular flexibility index (Phi) is 5.93. The van der Waals surface area contributed by atoms with Crippen LogP contribution < -0.4 is 0 Å². The number of aromatic nitrogens is 2. The van der Waals surface area contributed by atoms with Gasteiger partial charge < -0.3 is 4.74 Å². The van der Waals surface area contributed by atoms with Gasteiger partial charge in [-0.25, -0.2) is 9.48 Å². The Morgan fingerprint density at radius 1 is 1.25 bits per heavy atom. The summed E-state index contributed by atoms with van der Waals surface area (Å²) < 4.78 is 6.46. The van der Waals surface area contributed by atoms with Gasteiger partial charge in [-0.2, -0.15) is 5.10 Å². The van der Waals surface area contributed by atoms with Crippen LogP contribution in [0, 0.1) is 13.8 Å². The normalized spacial score (nSPS) is 11.0. The molecule has 126 valence electrons. The Labute approximate surface area is 145 Å². The first-order valence-electron chi connectivity index (χ1n) is 7.49. The molecule has 1 aromatic carbocycles. The fourth-order valence-electron chi connectivity index (χ4n) is 2.10. The van der Waals surface area contributed by atoms with E-state index >= 15 is 0 Å². The highest BCUT2D eigenvalue weighted by molar-refractivity contribution is 6.31. The zero-order valence-corrected chi connectivity index (χ0v) is 14.6. The number of benzene rings is 1. The minimum atomic E-state index is -0.591. The Hall–Kier alpha value is -2.40. The quantitative estimate of drug-likeness (QED) is 0.594. The highest BCUT2D eigenvalue weighted by Crippen LogP contribution is 2.22. The third-order valence-corrected chi connectivity index (χ3v) is 3.76. The van der Waals surface area contributed by atoms with Crippen molar-refractivity contribution in [3.63, 3.8) is 0 Å². The topological polar surface area (TPSA) is 61.2 Å². The monoisotopic (exact) mass is 346 g/mol. The SMILES string of the molecule is CC(=O)COC(=O)/C=C/c1c(C)nn(Cc2ccc(C)cc2)c1Cl. The van der Waals surface area contributed by atoms with Gasteiger partial charge in [0.15, 0.2) is 5.78 Å². The van der Waals surface area contributed by atoms with Crippen LogP contribution in [-0.4, -0.2) is 28.1 Å². The van der Waals surface area contributed by atoms with Crippen molar-refractivity contribution in [3.8, 4) is 0 Å². The summed E-state index contributed by atoms with van der Waals surface area (Å²) in [5.74, 6) is -0.802. The Balaban J connectivity index is 2.12. The molecule has 5 nitrogen and oxygen atoms in total. The van der Waals surface area contributed by atoms with Crippen LogP contribution in [-0.2, 0) is 20.9 Å². The van der Waals surface area contributed by atoms with Crippen LogP contribution in [0.5, 0.6) is 0 Å². The lowest BCUT2D eigenvalue weighted by Gasteiger charge is -2.04. The van der Waals surface area contributed by atoms with Crippen molar-refractivity contribution in [2.24, 2.45) is 0 Å². The van der Waals surface area contributed by atoms with Crippen molar-refractivity contribution >= 4 is 29.4 Å². The van der Waals surface area contributed by atoms with Gasteiger partial charge in [0.05, 0.1) is 12.2 Å². The second-order valence-corrected chi connectivity index (χ2v) is 5.93. The lowest BCUT2D eigenvalue weighted by Crippen LogP contribution is -2.08. The summed E-state index contributed by atoms with van der Waals surface area (Å²) in [6.45, 7) is 5.51. The molecule has 1 heterocycles. The number of carbonyl (C=O) groups is 2. The van der Waals surface area contributed by atoms with Crippen LogP contribution in [0.4, 0.5) is 0 Å². The summed E-state index contributed by atoms with van der Waals surface area (Å²) in [7, 11) is 0. The second kappa shape index (κ2) is 7.93. The van der Waals surface area contributed by atoms with Crippen LogP contribution in [0.15, 0.2) is 30.3 Å². The molecule has 6 heteroatoms. The van der Waals surface area contributed by atoms with Crippen LogP contribution in [0.1, 0.15) is 29.3 Å². The molecule has 0 saturated heterocycles. The number of hydrogen-bond donors (Lipinski definition) is 0. The second-order valence-electron chi connectivity index (χ2n) is 5.58. The fraction of sp³-hybridized carbons (Fsp3) is 0.278. The fourth-order valence-corrected chi connectivity index (χ4v) is 2.40. The number of esters is 1. The van der Waals surface area contributed by atoms with E-state index < -0.39 is 5.97 Å². The zero-order chi connectivity index (χ0) is 17.7. The molecule has 2 aromatic rings. The van der Waals surface area contributed by atoms with Crippen molar-refractivity contribution in [1.29, 1.82) is 0 Å². The summed E-state index contributed by atoms with van der Waals surface area (Å²) in [6, 6.07) is 8.12. The van der Waals surface area contributed by atoms with Crippen LogP contribution >= 0.6 is 11.6 Å². The molecule has 0 aliphatic rings. The van der Waals surface area contributed by atoms with E-state index in [0.717, 1.165) is 5.56 Å². The van der Waals surface area contributed by atoms with Gasteiger partial charge in [0.2, 0.25) is 0 Å². The molecular weight excluding hydrogens is 328 g/mol. The van der Waals surface area contributed by atoms with Gasteiger partial charge in [0.25, 0.3) is 0 Å². The highest BCUT2D eigenvalue weighted by Gasteiger charge is 2.12. The van der Waals surface area contributed by atoms with E-state index in [2.05, 4.69) is 5.10 Å². The van der Waals surface area contributed by atoms with Gasteiger partial charge in [0.1, 0.15) is 11.8 Å². The first kappa shape index (κ1) is 17.9. The minimum Gasteiger partial charge on any atom is -0.455 e. The zero-order valence-electron chi connectivity index (χ0n) is 13.9. The number of ether oxygens (including phenoxy) is 1. The lowest BCUT2D eigenvalue weighted by atomic mass is 10.1. The molecule has 0 fully saturated rings. The summed E-state index contributed by atoms with van der Waals surface area (Å²) in [5, 5.41) is 4.86. The first-order valence-corrected chi connectivity index (χ1v) is 7.87. The van der Waals surface area contributed by atoms with Gasteiger partial charge in [-0.15, -0.1) is 0 Å². The van der Waals surface area contributed by atoms with Crippen molar-refractivity contribution in [2.75, 3.05) is 6.61 Å². The molecular formula is C18H19ClN2O3. The number of ketones is 1. The molecule has 0 atom stereocenters. The number of Topliss-reactive ketones (excluding diaryl/α,β-unsaturated/α-hetero) is 1. The molecule has 0 aliphatic carbocycles. The largest absolute Gasteiger partial charge is 0.455 e. The summed E-state index contributed by atoms with van der Waals surface area (Å²) in [4.78, 5) is 22.3. The first-order chi connectivity index (χ1) is 11.4. The average molecular weight is 347 g/mol. The minimum absolute atomic E-state index is 0.211. The standard InChI is InChI=1S/C18H19ClN2O3/c1-12-4-6-15(7-5-12)10-21-18(19)16(14(3)20-21)8-9-17(23)24-11-13(2)22/h4-9H,10-11H2,1-3H3/b9-8+. The molecule has 24 heavy (non-hydrogen) atoms. The molecule has 0 aliphatic heterocycles. The predicted molar refractivity (Wildman–Crippen MR) is 92.9 cm³/mol. The van der Waals surface area contributed by atoms with Crippen LogP contribution in [0.2, 0.25) is 5.15 Å². The Morgan fingerprint density at radius 2 is 1.92 bits per heavy atom. The molecule has 0 spiro atoms. The van der Waals surface area contributed by atoms with Crippen molar-refractivity contribution in [1.82, 2.24) is 9.78 Å². The molecule has 0 N–H and O–H groups in total. The molecule has 2 rings (SSSR count). The number of nitrogens with zero attached hydrogens (tertiary/aromatic N) is 2. The van der Waals surface area contributed by atoms with E-state index in [1.54, 1.807) is 10.8 Å². The molecule has 0 saturated carbocycles. The summed E-state index contributed by atoms with van der Waals surface area (Å²) >= 11 is 6.36. The molecule has 1 aromatic heterocycles. The number of rotatable bonds is 6. The molecule has 0 amide bonds. The van der Waals surface area contributed by atoms with E-state index in [9.17, 15) is 9.59 Å². The maximum absolute atomic E-state index is 11.5. The summed E-state index contributed by atoms with van der Waals surface area (Å²) in [6.07, 6.45) is 2.80. The highest BCUT2D eigenvalue weighted by atomic mass is 35.5. The molecule has 0 unspecified atom stereocenters. The summed E-state index contributed by atoms with van der Waals surface area (Å²) in [5.41, 5.74) is 3.64. The Bertz CT molecular complexity index is 776. The van der Waals surface area contributed by atoms with E-state index in [4.69, 9.17) is 16.3 Å². The number of aryl methyl sites for hydroxylation is 2. The van der Waals surface area contributed by atoms with Crippen LogP contribution in [0.3, 0.4) is 0 Å². The van der Waals surface area contributed by atoms with Crippen molar-refractivity contribution in [3.05, 3.63) is 57.9 Å². The Morgan fingerprint density at radius 3 is 2.54 bits per heavy atom. The number of hydrogen-bond acceptors (Lipinski definition) is 4. The van der Waals surface area contributed by atoms with Gasteiger partial charge >= 0.3 is 5.97 Å². The van der Waals surface area contributed by atoms with E-state index in [1.807, 2.05) is 38.1 Å². The average Bonchev–Trinajstić information content (AvgIpc) is 2.79.